The predicted molar refractivity (Wildman–Crippen MR) is 103 cm³/mol. The largest absolute Gasteiger partial charge is 0.253 e. The van der Waals surface area contributed by atoms with Crippen LogP contribution in [-0.4, -0.2) is 11.2 Å². The molecule has 1 heterocycles. The predicted octanol–water partition coefficient (Wildman–Crippen LogP) is 5.98. The number of anilines is 1. The van der Waals surface area contributed by atoms with E-state index in [1.165, 1.54) is 0 Å². The van der Waals surface area contributed by atoms with Gasteiger partial charge in [-0.3, -0.25) is 5.43 Å². The first-order chi connectivity index (χ1) is 11.1. The van der Waals surface area contributed by atoms with E-state index >= 15 is 0 Å². The summed E-state index contributed by atoms with van der Waals surface area (Å²) in [7, 11) is 0. The third kappa shape index (κ3) is 4.19. The maximum absolute atomic E-state index is 5.93. The van der Waals surface area contributed by atoms with E-state index in [1.54, 1.807) is 17.6 Å². The first kappa shape index (κ1) is 16.2. The van der Waals surface area contributed by atoms with Crippen molar-refractivity contribution < 1.29 is 0 Å². The lowest BCUT2D eigenvalue weighted by Gasteiger charge is -1.98. The molecule has 3 rings (SSSR count). The smallest absolute Gasteiger partial charge is 0.204 e. The summed E-state index contributed by atoms with van der Waals surface area (Å²) in [5, 5.41) is 5.73. The number of benzene rings is 2. The molecule has 3 aromatic rings. The molecule has 0 aliphatic heterocycles. The fourth-order valence-electron chi connectivity index (χ4n) is 2.03. The number of rotatable bonds is 4. The van der Waals surface area contributed by atoms with Crippen LogP contribution in [0.4, 0.5) is 5.13 Å². The average Bonchev–Trinajstić information content (AvgIpc) is 2.91. The molecule has 0 bridgehead atoms. The van der Waals surface area contributed by atoms with Gasteiger partial charge in [0, 0.05) is 19.9 Å². The van der Waals surface area contributed by atoms with Crippen LogP contribution in [0, 0.1) is 6.92 Å². The molecular formula is C17H13BrClN3S. The second-order valence-corrected chi connectivity index (χ2v) is 7.41. The van der Waals surface area contributed by atoms with E-state index in [2.05, 4.69) is 31.4 Å². The Labute approximate surface area is 152 Å². The highest BCUT2D eigenvalue weighted by molar-refractivity contribution is 9.10. The summed E-state index contributed by atoms with van der Waals surface area (Å²) in [6.45, 7) is 2.05. The summed E-state index contributed by atoms with van der Waals surface area (Å²) < 4.78 is 1.05. The molecule has 3 nitrogen and oxygen atoms in total. The zero-order valence-corrected chi connectivity index (χ0v) is 15.4. The van der Waals surface area contributed by atoms with E-state index < -0.39 is 0 Å². The lowest BCUT2D eigenvalue weighted by molar-refractivity contribution is 1.28. The molecule has 1 aromatic heterocycles. The summed E-state index contributed by atoms with van der Waals surface area (Å²) in [6.07, 6.45) is 1.77. The van der Waals surface area contributed by atoms with Crippen molar-refractivity contribution in [1.29, 1.82) is 0 Å². The molecule has 0 amide bonds. The van der Waals surface area contributed by atoms with Crippen LogP contribution in [-0.2, 0) is 0 Å². The summed E-state index contributed by atoms with van der Waals surface area (Å²) in [5.41, 5.74) is 6.01. The lowest BCUT2D eigenvalue weighted by atomic mass is 10.1. The Kier molecular flexibility index (Phi) is 5.10. The third-order valence-electron chi connectivity index (χ3n) is 3.16. The lowest BCUT2D eigenvalue weighted by Crippen LogP contribution is -1.90. The molecule has 116 valence electrons. The molecule has 0 saturated carbocycles. The quantitative estimate of drug-likeness (QED) is 0.427. The first-order valence-corrected chi connectivity index (χ1v) is 8.88. The summed E-state index contributed by atoms with van der Waals surface area (Å²) >= 11 is 10.9. The number of aryl methyl sites for hydroxylation is 1. The van der Waals surface area contributed by atoms with Crippen LogP contribution >= 0.6 is 38.9 Å². The second kappa shape index (κ2) is 7.25. The molecule has 1 N–H and O–H groups in total. The van der Waals surface area contributed by atoms with Gasteiger partial charge in [0.1, 0.15) is 0 Å². The Morgan fingerprint density at radius 3 is 2.52 bits per heavy atom. The van der Waals surface area contributed by atoms with E-state index in [4.69, 9.17) is 11.6 Å². The van der Waals surface area contributed by atoms with Gasteiger partial charge < -0.3 is 0 Å². The summed E-state index contributed by atoms with van der Waals surface area (Å²) in [6, 6.07) is 15.6. The van der Waals surface area contributed by atoms with Crippen LogP contribution < -0.4 is 5.43 Å². The van der Waals surface area contributed by atoms with E-state index in [-0.39, 0.29) is 0 Å². The highest BCUT2D eigenvalue weighted by atomic mass is 79.9. The van der Waals surface area contributed by atoms with Gasteiger partial charge in [-0.25, -0.2) is 4.98 Å². The number of hydrogen-bond donors (Lipinski definition) is 1. The van der Waals surface area contributed by atoms with Crippen molar-refractivity contribution in [3.05, 3.63) is 68.5 Å². The van der Waals surface area contributed by atoms with Crippen molar-refractivity contribution in [1.82, 2.24) is 4.98 Å². The maximum Gasteiger partial charge on any atom is 0.204 e. The van der Waals surface area contributed by atoms with Crippen LogP contribution in [0.25, 0.3) is 11.3 Å². The van der Waals surface area contributed by atoms with Crippen molar-refractivity contribution in [2.45, 2.75) is 6.92 Å². The molecule has 6 heteroatoms. The van der Waals surface area contributed by atoms with Gasteiger partial charge in [0.15, 0.2) is 0 Å². The molecule has 0 aliphatic rings. The number of aromatic nitrogens is 1. The molecule has 0 spiro atoms. The molecule has 0 radical (unpaired) electrons. The standard InChI is InChI=1S/C17H13BrClN3S/c1-11-16(13-4-8-15(19)9-5-13)21-17(23-11)22-20-10-12-2-6-14(18)7-3-12/h2-10H,1H3,(H,21,22)/b20-10+. The SMILES string of the molecule is Cc1sc(N/N=C/c2ccc(Br)cc2)nc1-c1ccc(Cl)cc1. The topological polar surface area (TPSA) is 37.3 Å². The van der Waals surface area contributed by atoms with Crippen LogP contribution in [0.5, 0.6) is 0 Å². The molecule has 0 fully saturated rings. The number of hydrazone groups is 1. The molecule has 0 saturated heterocycles. The number of thiazole rings is 1. The van der Waals surface area contributed by atoms with Gasteiger partial charge in [-0.2, -0.15) is 5.10 Å². The number of halogens is 2. The summed E-state index contributed by atoms with van der Waals surface area (Å²) in [4.78, 5) is 5.73. The Bertz CT molecular complexity index is 826. The summed E-state index contributed by atoms with van der Waals surface area (Å²) in [5.74, 6) is 0. The van der Waals surface area contributed by atoms with Crippen molar-refractivity contribution in [2.24, 2.45) is 5.10 Å². The first-order valence-electron chi connectivity index (χ1n) is 6.90. The van der Waals surface area contributed by atoms with Gasteiger partial charge in [-0.15, -0.1) is 11.3 Å². The fourth-order valence-corrected chi connectivity index (χ4v) is 3.21. The van der Waals surface area contributed by atoms with Gasteiger partial charge in [0.05, 0.1) is 11.9 Å². The van der Waals surface area contributed by atoms with Gasteiger partial charge in [-0.05, 0) is 36.8 Å². The van der Waals surface area contributed by atoms with Crippen molar-refractivity contribution in [3.8, 4) is 11.3 Å². The van der Waals surface area contributed by atoms with Crippen LogP contribution in [0.2, 0.25) is 5.02 Å². The minimum atomic E-state index is 0.721. The Morgan fingerprint density at radius 1 is 1.13 bits per heavy atom. The normalized spacial score (nSPS) is 11.1. The molecule has 2 aromatic carbocycles. The van der Waals surface area contributed by atoms with Crippen LogP contribution in [0.3, 0.4) is 0 Å². The van der Waals surface area contributed by atoms with E-state index in [9.17, 15) is 0 Å². The Hall–Kier alpha value is -1.69. The monoisotopic (exact) mass is 405 g/mol. The average molecular weight is 407 g/mol. The van der Waals surface area contributed by atoms with E-state index in [1.807, 2.05) is 55.5 Å². The van der Waals surface area contributed by atoms with Gasteiger partial charge in [0.25, 0.3) is 0 Å². The second-order valence-electron chi connectivity index (χ2n) is 4.85. The minimum Gasteiger partial charge on any atom is -0.253 e. The molecule has 23 heavy (non-hydrogen) atoms. The van der Waals surface area contributed by atoms with E-state index in [0.29, 0.717) is 0 Å². The molecule has 0 unspecified atom stereocenters. The Morgan fingerprint density at radius 2 is 1.83 bits per heavy atom. The van der Waals surface area contributed by atoms with Crippen LogP contribution in [0.15, 0.2) is 58.1 Å². The minimum absolute atomic E-state index is 0.721. The number of nitrogens with one attached hydrogen (secondary N) is 1. The van der Waals surface area contributed by atoms with Gasteiger partial charge >= 0.3 is 0 Å². The zero-order chi connectivity index (χ0) is 16.2. The zero-order valence-electron chi connectivity index (χ0n) is 12.3. The van der Waals surface area contributed by atoms with Gasteiger partial charge in [-0.1, -0.05) is 51.8 Å². The number of hydrogen-bond acceptors (Lipinski definition) is 4. The maximum atomic E-state index is 5.93. The highest BCUT2D eigenvalue weighted by Gasteiger charge is 2.09. The third-order valence-corrected chi connectivity index (χ3v) is 4.81. The highest BCUT2D eigenvalue weighted by Crippen LogP contribution is 2.30. The van der Waals surface area contributed by atoms with E-state index in [0.717, 1.165) is 36.3 Å². The Balaban J connectivity index is 1.73. The van der Waals surface area contributed by atoms with Crippen LogP contribution in [0.1, 0.15) is 10.4 Å². The fraction of sp³-hybridized carbons (Fsp3) is 0.0588. The van der Waals surface area contributed by atoms with Crippen molar-refractivity contribution in [2.75, 3.05) is 5.43 Å². The molecule has 0 atom stereocenters. The number of nitrogens with zero attached hydrogens (tertiary/aromatic N) is 2. The van der Waals surface area contributed by atoms with Gasteiger partial charge in [0.2, 0.25) is 5.13 Å². The van der Waals surface area contributed by atoms with Crippen molar-refractivity contribution in [3.63, 3.8) is 0 Å². The molecular weight excluding hydrogens is 394 g/mol. The molecule has 0 aliphatic carbocycles. The van der Waals surface area contributed by atoms with Crippen molar-refractivity contribution >= 4 is 50.2 Å².